The van der Waals surface area contributed by atoms with Crippen molar-refractivity contribution in [2.24, 2.45) is 10.7 Å². The molecule has 2 rings (SSSR count). The van der Waals surface area contributed by atoms with Gasteiger partial charge in [0.25, 0.3) is 0 Å². The standard InChI is InChI=1S/C15H25N5O2S.HI/c1-3-13-18-12(10-23-13)9-17-14(16)19-11-5-7-20(8-6-11)15(21)22-4-2;/h10-11H,3-9H2,1-2H3,(H3,16,17,19);1H. The number of halogens is 1. The highest BCUT2D eigenvalue weighted by Gasteiger charge is 2.23. The number of ether oxygens (including phenoxy) is 1. The minimum absolute atomic E-state index is 0. The maximum Gasteiger partial charge on any atom is 0.409 e. The summed E-state index contributed by atoms with van der Waals surface area (Å²) in [5.74, 6) is 0.436. The van der Waals surface area contributed by atoms with Gasteiger partial charge in [0.05, 0.1) is 23.9 Å². The maximum absolute atomic E-state index is 11.6. The molecule has 136 valence electrons. The molecular formula is C15H26IN5O2S. The first-order valence-corrected chi connectivity index (χ1v) is 8.91. The lowest BCUT2D eigenvalue weighted by Crippen LogP contribution is -2.48. The van der Waals surface area contributed by atoms with Gasteiger partial charge in [-0.1, -0.05) is 6.92 Å². The number of nitrogens with two attached hydrogens (primary N) is 1. The van der Waals surface area contributed by atoms with Gasteiger partial charge < -0.3 is 20.7 Å². The Labute approximate surface area is 164 Å². The Morgan fingerprint density at radius 3 is 2.79 bits per heavy atom. The molecule has 1 aromatic heterocycles. The molecule has 1 amide bonds. The number of nitrogens with zero attached hydrogens (tertiary/aromatic N) is 3. The number of aliphatic imine (C=N–C) groups is 1. The number of nitrogens with one attached hydrogen (secondary N) is 1. The third-order valence-electron chi connectivity index (χ3n) is 3.69. The van der Waals surface area contributed by atoms with Crippen LogP contribution in [0.2, 0.25) is 0 Å². The molecule has 1 aliphatic rings. The predicted molar refractivity (Wildman–Crippen MR) is 107 cm³/mol. The van der Waals surface area contributed by atoms with Crippen molar-refractivity contribution < 1.29 is 9.53 Å². The van der Waals surface area contributed by atoms with E-state index in [-0.39, 0.29) is 36.1 Å². The van der Waals surface area contributed by atoms with Crippen molar-refractivity contribution >= 4 is 47.4 Å². The predicted octanol–water partition coefficient (Wildman–Crippen LogP) is 2.35. The van der Waals surface area contributed by atoms with Crippen LogP contribution in [0.1, 0.15) is 37.4 Å². The Bertz CT molecular complexity index is 544. The molecule has 0 aromatic carbocycles. The first kappa shape index (κ1) is 20.9. The number of carbonyl (C=O) groups excluding carboxylic acids is 1. The van der Waals surface area contributed by atoms with E-state index in [0.29, 0.717) is 32.2 Å². The second-order valence-electron chi connectivity index (χ2n) is 5.39. The molecule has 0 radical (unpaired) electrons. The molecule has 1 fully saturated rings. The third-order valence-corrected chi connectivity index (χ3v) is 4.73. The molecule has 1 aliphatic heterocycles. The van der Waals surface area contributed by atoms with E-state index in [1.54, 1.807) is 16.2 Å². The molecule has 24 heavy (non-hydrogen) atoms. The summed E-state index contributed by atoms with van der Waals surface area (Å²) in [6, 6.07) is 0.242. The van der Waals surface area contributed by atoms with E-state index in [4.69, 9.17) is 10.5 Å². The van der Waals surface area contributed by atoms with Crippen LogP contribution in [-0.2, 0) is 17.7 Å². The van der Waals surface area contributed by atoms with Gasteiger partial charge in [0.2, 0.25) is 0 Å². The molecule has 0 bridgehead atoms. The van der Waals surface area contributed by atoms with Crippen LogP contribution in [0.5, 0.6) is 0 Å². The summed E-state index contributed by atoms with van der Waals surface area (Å²) in [7, 11) is 0. The quantitative estimate of drug-likeness (QED) is 0.394. The summed E-state index contributed by atoms with van der Waals surface area (Å²) < 4.78 is 5.01. The zero-order chi connectivity index (χ0) is 16.7. The van der Waals surface area contributed by atoms with Gasteiger partial charge >= 0.3 is 6.09 Å². The maximum atomic E-state index is 11.6. The molecule has 0 aliphatic carbocycles. The second kappa shape index (κ2) is 10.7. The molecule has 9 heteroatoms. The Morgan fingerprint density at radius 1 is 1.50 bits per heavy atom. The van der Waals surface area contributed by atoms with Gasteiger partial charge in [-0.25, -0.2) is 14.8 Å². The van der Waals surface area contributed by atoms with Gasteiger partial charge in [0.15, 0.2) is 5.96 Å². The molecule has 1 saturated heterocycles. The molecule has 1 aromatic rings. The molecule has 3 N–H and O–H groups in total. The first-order valence-electron chi connectivity index (χ1n) is 8.03. The van der Waals surface area contributed by atoms with Crippen LogP contribution in [0, 0.1) is 0 Å². The zero-order valence-corrected chi connectivity index (χ0v) is 17.3. The number of piperidine rings is 1. The number of guanidine groups is 1. The number of thiazole rings is 1. The second-order valence-corrected chi connectivity index (χ2v) is 6.33. The molecule has 2 heterocycles. The van der Waals surface area contributed by atoms with Crippen LogP contribution >= 0.6 is 35.3 Å². The molecule has 0 unspecified atom stereocenters. The fourth-order valence-corrected chi connectivity index (χ4v) is 3.16. The van der Waals surface area contributed by atoms with Gasteiger partial charge in [-0.3, -0.25) is 0 Å². The summed E-state index contributed by atoms with van der Waals surface area (Å²) in [4.78, 5) is 22.2. The van der Waals surface area contributed by atoms with Crippen molar-refractivity contribution in [3.8, 4) is 0 Å². The number of carbonyl (C=O) groups is 1. The fourth-order valence-electron chi connectivity index (χ4n) is 2.43. The van der Waals surface area contributed by atoms with Gasteiger partial charge in [-0.2, -0.15) is 0 Å². The van der Waals surface area contributed by atoms with Crippen LogP contribution in [0.25, 0.3) is 0 Å². The van der Waals surface area contributed by atoms with Gasteiger partial charge in [0.1, 0.15) is 0 Å². The minimum Gasteiger partial charge on any atom is -0.450 e. The summed E-state index contributed by atoms with van der Waals surface area (Å²) in [5, 5.41) is 6.37. The number of rotatable bonds is 5. The number of aromatic nitrogens is 1. The Balaban J connectivity index is 0.00000288. The number of hydrogen-bond acceptors (Lipinski definition) is 5. The number of likely N-dealkylation sites (tertiary alicyclic amines) is 1. The number of hydrogen-bond donors (Lipinski definition) is 2. The Hall–Kier alpha value is -1.10. The van der Waals surface area contributed by atoms with Crippen LogP contribution in [0.15, 0.2) is 10.4 Å². The molecular weight excluding hydrogens is 441 g/mol. The number of aryl methyl sites for hydroxylation is 1. The smallest absolute Gasteiger partial charge is 0.409 e. The molecule has 0 atom stereocenters. The van der Waals surface area contributed by atoms with Crippen molar-refractivity contribution in [3.05, 3.63) is 16.1 Å². The zero-order valence-electron chi connectivity index (χ0n) is 14.2. The normalized spacial score (nSPS) is 15.8. The summed E-state index contributed by atoms with van der Waals surface area (Å²) in [5.41, 5.74) is 6.90. The lowest BCUT2D eigenvalue weighted by Gasteiger charge is -2.31. The summed E-state index contributed by atoms with van der Waals surface area (Å²) in [6.45, 7) is 6.16. The first-order chi connectivity index (χ1) is 11.1. The van der Waals surface area contributed by atoms with Crippen molar-refractivity contribution in [3.63, 3.8) is 0 Å². The van der Waals surface area contributed by atoms with Crippen molar-refractivity contribution in [2.45, 2.75) is 45.7 Å². The van der Waals surface area contributed by atoms with Crippen molar-refractivity contribution in [1.29, 1.82) is 0 Å². The van der Waals surface area contributed by atoms with E-state index in [2.05, 4.69) is 22.2 Å². The van der Waals surface area contributed by atoms with E-state index in [1.165, 1.54) is 0 Å². The van der Waals surface area contributed by atoms with E-state index in [9.17, 15) is 4.79 Å². The van der Waals surface area contributed by atoms with Crippen molar-refractivity contribution in [1.82, 2.24) is 15.2 Å². The molecule has 0 spiro atoms. The largest absolute Gasteiger partial charge is 0.450 e. The van der Waals surface area contributed by atoms with Gasteiger partial charge in [0, 0.05) is 24.5 Å². The van der Waals surface area contributed by atoms with E-state index >= 15 is 0 Å². The SMILES string of the molecule is CCOC(=O)N1CCC(NC(N)=NCc2csc(CC)n2)CC1.I. The third kappa shape index (κ3) is 6.42. The lowest BCUT2D eigenvalue weighted by atomic mass is 10.1. The topological polar surface area (TPSA) is 92.8 Å². The average Bonchev–Trinajstić information content (AvgIpc) is 3.02. The Kier molecular flexibility index (Phi) is 9.34. The number of amides is 1. The minimum atomic E-state index is -0.233. The highest BCUT2D eigenvalue weighted by atomic mass is 127. The van der Waals surface area contributed by atoms with Gasteiger partial charge in [-0.05, 0) is 26.2 Å². The van der Waals surface area contributed by atoms with E-state index in [1.807, 2.05) is 12.3 Å². The van der Waals surface area contributed by atoms with E-state index < -0.39 is 0 Å². The Morgan fingerprint density at radius 2 is 2.21 bits per heavy atom. The van der Waals surface area contributed by atoms with Crippen LogP contribution < -0.4 is 11.1 Å². The lowest BCUT2D eigenvalue weighted by molar-refractivity contribution is 0.0963. The van der Waals surface area contributed by atoms with Gasteiger partial charge in [-0.15, -0.1) is 35.3 Å². The molecule has 0 saturated carbocycles. The van der Waals surface area contributed by atoms with E-state index in [0.717, 1.165) is 30.0 Å². The van der Waals surface area contributed by atoms with Crippen molar-refractivity contribution in [2.75, 3.05) is 19.7 Å². The highest BCUT2D eigenvalue weighted by Crippen LogP contribution is 2.12. The fraction of sp³-hybridized carbons (Fsp3) is 0.667. The van der Waals surface area contributed by atoms with Crippen LogP contribution in [-0.4, -0.2) is 47.7 Å². The average molecular weight is 467 g/mol. The highest BCUT2D eigenvalue weighted by molar-refractivity contribution is 14.0. The molecule has 7 nitrogen and oxygen atoms in total. The summed E-state index contributed by atoms with van der Waals surface area (Å²) in [6.07, 6.45) is 2.39. The summed E-state index contributed by atoms with van der Waals surface area (Å²) >= 11 is 1.65. The van der Waals surface area contributed by atoms with Crippen LogP contribution in [0.4, 0.5) is 4.79 Å². The monoisotopic (exact) mass is 467 g/mol. The van der Waals surface area contributed by atoms with Crippen LogP contribution in [0.3, 0.4) is 0 Å².